The summed E-state index contributed by atoms with van der Waals surface area (Å²) in [6, 6.07) is 8.56. The summed E-state index contributed by atoms with van der Waals surface area (Å²) in [5.74, 6) is 0.810. The van der Waals surface area contributed by atoms with E-state index in [2.05, 4.69) is 12.2 Å². The fraction of sp³-hybridized carbons (Fsp3) is 0.400. The number of rotatable bonds is 2. The van der Waals surface area contributed by atoms with Crippen LogP contribution in [0.5, 0.6) is 0 Å². The number of anilines is 2. The Morgan fingerprint density at radius 3 is 2.67 bits per heavy atom. The van der Waals surface area contributed by atoms with E-state index in [-0.39, 0.29) is 0 Å². The molecular formula is C10H14N2. The van der Waals surface area contributed by atoms with E-state index in [0.29, 0.717) is 6.04 Å². The van der Waals surface area contributed by atoms with Gasteiger partial charge >= 0.3 is 0 Å². The van der Waals surface area contributed by atoms with Crippen LogP contribution in [0.3, 0.4) is 0 Å². The molecule has 0 amide bonds. The van der Waals surface area contributed by atoms with E-state index in [1.165, 1.54) is 6.42 Å². The Hall–Kier alpha value is -1.18. The molecule has 3 N–H and O–H groups in total. The predicted octanol–water partition coefficient (Wildman–Crippen LogP) is 2.09. The van der Waals surface area contributed by atoms with E-state index < -0.39 is 0 Å². The summed E-state index contributed by atoms with van der Waals surface area (Å²) in [5.41, 5.74) is 7.70. The van der Waals surface area contributed by atoms with Gasteiger partial charge in [-0.1, -0.05) is 19.1 Å². The number of benzene rings is 1. The molecule has 0 saturated heterocycles. The van der Waals surface area contributed by atoms with E-state index in [9.17, 15) is 0 Å². The van der Waals surface area contributed by atoms with Crippen molar-refractivity contribution in [2.45, 2.75) is 19.4 Å². The highest BCUT2D eigenvalue weighted by molar-refractivity contribution is 5.66. The fourth-order valence-electron chi connectivity index (χ4n) is 1.35. The molecule has 1 aromatic rings. The molecule has 1 aliphatic rings. The molecular weight excluding hydrogens is 148 g/mol. The van der Waals surface area contributed by atoms with Crippen LogP contribution in [0.4, 0.5) is 11.4 Å². The average Bonchev–Trinajstić information content (AvgIpc) is 2.72. The number of nitrogens with two attached hydrogens (primary N) is 1. The normalized spacial score (nSPS) is 26.8. The average molecular weight is 162 g/mol. The van der Waals surface area contributed by atoms with Gasteiger partial charge in [0.1, 0.15) is 0 Å². The maximum Gasteiger partial charge on any atom is 0.0576 e. The fourth-order valence-corrected chi connectivity index (χ4v) is 1.35. The second-order valence-corrected chi connectivity index (χ2v) is 3.55. The summed E-state index contributed by atoms with van der Waals surface area (Å²) in [7, 11) is 0. The number of hydrogen-bond donors (Lipinski definition) is 2. The van der Waals surface area contributed by atoms with Gasteiger partial charge in [-0.15, -0.1) is 0 Å². The second-order valence-electron chi connectivity index (χ2n) is 3.55. The second kappa shape index (κ2) is 2.70. The van der Waals surface area contributed by atoms with Crippen molar-refractivity contribution >= 4 is 11.4 Å². The Balaban J connectivity index is 2.08. The zero-order chi connectivity index (χ0) is 8.55. The van der Waals surface area contributed by atoms with Crippen molar-refractivity contribution in [3.05, 3.63) is 24.3 Å². The largest absolute Gasteiger partial charge is 0.397 e. The molecule has 0 aromatic heterocycles. The van der Waals surface area contributed by atoms with E-state index in [1.807, 2.05) is 24.3 Å². The summed E-state index contributed by atoms with van der Waals surface area (Å²) < 4.78 is 0. The van der Waals surface area contributed by atoms with Crippen molar-refractivity contribution in [3.8, 4) is 0 Å². The number of para-hydroxylation sites is 2. The highest BCUT2D eigenvalue weighted by atomic mass is 15.0. The van der Waals surface area contributed by atoms with E-state index >= 15 is 0 Å². The Morgan fingerprint density at radius 1 is 1.42 bits per heavy atom. The van der Waals surface area contributed by atoms with Crippen LogP contribution >= 0.6 is 0 Å². The first-order chi connectivity index (χ1) is 5.77. The standard InChI is InChI=1S/C10H14N2/c1-7-6-10(7)12-9-5-3-2-4-8(9)11/h2-5,7,10,12H,6,11H2,1H3. The molecule has 0 bridgehead atoms. The van der Waals surface area contributed by atoms with Crippen molar-refractivity contribution in [2.24, 2.45) is 5.92 Å². The first-order valence-corrected chi connectivity index (χ1v) is 4.38. The smallest absolute Gasteiger partial charge is 0.0576 e. The molecule has 0 spiro atoms. The maximum absolute atomic E-state index is 5.78. The zero-order valence-electron chi connectivity index (χ0n) is 7.25. The molecule has 2 unspecified atom stereocenters. The van der Waals surface area contributed by atoms with Crippen LogP contribution in [0.2, 0.25) is 0 Å². The van der Waals surface area contributed by atoms with Crippen molar-refractivity contribution in [3.63, 3.8) is 0 Å². The van der Waals surface area contributed by atoms with Gasteiger partial charge in [0.15, 0.2) is 0 Å². The molecule has 2 atom stereocenters. The predicted molar refractivity (Wildman–Crippen MR) is 52.0 cm³/mol. The van der Waals surface area contributed by atoms with Crippen molar-refractivity contribution in [1.29, 1.82) is 0 Å². The third kappa shape index (κ3) is 1.37. The first-order valence-electron chi connectivity index (χ1n) is 4.38. The maximum atomic E-state index is 5.78. The molecule has 1 saturated carbocycles. The molecule has 2 rings (SSSR count). The van der Waals surface area contributed by atoms with Gasteiger partial charge in [0, 0.05) is 6.04 Å². The van der Waals surface area contributed by atoms with E-state index in [1.54, 1.807) is 0 Å². The van der Waals surface area contributed by atoms with Gasteiger partial charge in [0.2, 0.25) is 0 Å². The van der Waals surface area contributed by atoms with E-state index in [4.69, 9.17) is 5.73 Å². The summed E-state index contributed by atoms with van der Waals surface area (Å²) in [5, 5.41) is 3.41. The minimum absolute atomic E-state index is 0.648. The first kappa shape index (κ1) is 7.47. The molecule has 0 radical (unpaired) electrons. The highest BCUT2D eigenvalue weighted by Gasteiger charge is 2.32. The molecule has 1 aliphatic carbocycles. The molecule has 2 heteroatoms. The molecule has 64 valence electrons. The summed E-state index contributed by atoms with van der Waals surface area (Å²) in [6.07, 6.45) is 1.27. The molecule has 1 aromatic carbocycles. The lowest BCUT2D eigenvalue weighted by Gasteiger charge is -2.07. The van der Waals surface area contributed by atoms with Crippen LogP contribution in [-0.4, -0.2) is 6.04 Å². The van der Waals surface area contributed by atoms with Crippen molar-refractivity contribution in [2.75, 3.05) is 11.1 Å². The monoisotopic (exact) mass is 162 g/mol. The van der Waals surface area contributed by atoms with Gasteiger partial charge in [-0.3, -0.25) is 0 Å². The Morgan fingerprint density at radius 2 is 2.08 bits per heavy atom. The Kier molecular flexibility index (Phi) is 1.68. The van der Waals surface area contributed by atoms with Crippen LogP contribution in [0, 0.1) is 5.92 Å². The third-order valence-corrected chi connectivity index (χ3v) is 2.41. The minimum atomic E-state index is 0.648. The van der Waals surface area contributed by atoms with Crippen LogP contribution in [-0.2, 0) is 0 Å². The number of hydrogen-bond acceptors (Lipinski definition) is 2. The molecule has 0 aliphatic heterocycles. The Bertz CT molecular complexity index is 283. The molecule has 1 fully saturated rings. The third-order valence-electron chi connectivity index (χ3n) is 2.41. The van der Waals surface area contributed by atoms with Crippen molar-refractivity contribution in [1.82, 2.24) is 0 Å². The molecule has 0 heterocycles. The van der Waals surface area contributed by atoms with Crippen LogP contribution < -0.4 is 11.1 Å². The lowest BCUT2D eigenvalue weighted by molar-refractivity contribution is 0.930. The van der Waals surface area contributed by atoms with Crippen LogP contribution in [0.15, 0.2) is 24.3 Å². The lowest BCUT2D eigenvalue weighted by atomic mass is 10.2. The summed E-state index contributed by atoms with van der Waals surface area (Å²) in [4.78, 5) is 0. The zero-order valence-corrected chi connectivity index (χ0v) is 7.25. The number of nitrogens with one attached hydrogen (secondary N) is 1. The van der Waals surface area contributed by atoms with Crippen LogP contribution in [0.25, 0.3) is 0 Å². The highest BCUT2D eigenvalue weighted by Crippen LogP contribution is 2.33. The lowest BCUT2D eigenvalue weighted by Crippen LogP contribution is -2.05. The topological polar surface area (TPSA) is 38.0 Å². The van der Waals surface area contributed by atoms with Crippen LogP contribution in [0.1, 0.15) is 13.3 Å². The quantitative estimate of drug-likeness (QED) is 0.653. The van der Waals surface area contributed by atoms with Gasteiger partial charge in [0.05, 0.1) is 11.4 Å². The van der Waals surface area contributed by atoms with Gasteiger partial charge in [0.25, 0.3) is 0 Å². The van der Waals surface area contributed by atoms with Gasteiger partial charge in [-0.25, -0.2) is 0 Å². The van der Waals surface area contributed by atoms with E-state index in [0.717, 1.165) is 17.3 Å². The molecule has 2 nitrogen and oxygen atoms in total. The summed E-state index contributed by atoms with van der Waals surface area (Å²) in [6.45, 7) is 2.25. The molecule has 12 heavy (non-hydrogen) atoms. The number of nitrogen functional groups attached to an aromatic ring is 1. The van der Waals surface area contributed by atoms with Gasteiger partial charge in [-0.05, 0) is 24.5 Å². The van der Waals surface area contributed by atoms with Gasteiger partial charge in [-0.2, -0.15) is 0 Å². The SMILES string of the molecule is CC1CC1Nc1ccccc1N. The van der Waals surface area contributed by atoms with Gasteiger partial charge < -0.3 is 11.1 Å². The summed E-state index contributed by atoms with van der Waals surface area (Å²) >= 11 is 0. The Labute approximate surface area is 72.8 Å². The minimum Gasteiger partial charge on any atom is -0.397 e. The van der Waals surface area contributed by atoms with Crippen molar-refractivity contribution < 1.29 is 0 Å².